The van der Waals surface area contributed by atoms with Crippen molar-refractivity contribution < 1.29 is 13.2 Å². The van der Waals surface area contributed by atoms with Gasteiger partial charge in [-0.1, -0.05) is 32.0 Å². The van der Waals surface area contributed by atoms with E-state index in [1.54, 1.807) is 18.2 Å². The molecule has 1 aromatic carbocycles. The van der Waals surface area contributed by atoms with E-state index in [1.165, 1.54) is 0 Å². The Labute approximate surface area is 81.8 Å². The minimum atomic E-state index is -4.15. The maximum absolute atomic E-state index is 12.1. The van der Waals surface area contributed by atoms with Gasteiger partial charge < -0.3 is 0 Å². The maximum atomic E-state index is 12.1. The van der Waals surface area contributed by atoms with Crippen molar-refractivity contribution in [3.05, 3.63) is 35.4 Å². The summed E-state index contributed by atoms with van der Waals surface area (Å²) in [4.78, 5) is 0. The Kier molecular flexibility index (Phi) is 3.19. The Hall–Kier alpha value is -0.990. The van der Waals surface area contributed by atoms with Crippen LogP contribution in [0, 0.1) is 6.07 Å². The monoisotopic (exact) mass is 201 g/mol. The zero-order valence-electron chi connectivity index (χ0n) is 8.15. The molecule has 1 radical (unpaired) electrons. The van der Waals surface area contributed by atoms with E-state index >= 15 is 0 Å². The van der Waals surface area contributed by atoms with Crippen LogP contribution in [0.3, 0.4) is 0 Å². The van der Waals surface area contributed by atoms with Crippen LogP contribution < -0.4 is 0 Å². The first-order valence-electron chi connectivity index (χ1n) is 4.46. The van der Waals surface area contributed by atoms with Crippen LogP contribution in [-0.4, -0.2) is 6.18 Å². The van der Waals surface area contributed by atoms with Crippen LogP contribution in [0.25, 0.3) is 0 Å². The molecule has 0 aliphatic rings. The van der Waals surface area contributed by atoms with Gasteiger partial charge in [0.1, 0.15) is 0 Å². The normalized spacial score (nSPS) is 12.1. The van der Waals surface area contributed by atoms with Crippen molar-refractivity contribution in [2.75, 3.05) is 0 Å². The molecule has 0 amide bonds. The zero-order chi connectivity index (χ0) is 10.8. The summed E-state index contributed by atoms with van der Waals surface area (Å²) in [6.45, 7) is 3.90. The van der Waals surface area contributed by atoms with Crippen molar-refractivity contribution in [3.63, 3.8) is 0 Å². The maximum Gasteiger partial charge on any atom is 0.393 e. The van der Waals surface area contributed by atoms with Crippen LogP contribution in [0.1, 0.15) is 30.9 Å². The molecule has 77 valence electrons. The number of benzene rings is 1. The largest absolute Gasteiger partial charge is 0.393 e. The molecule has 1 aromatic rings. The van der Waals surface area contributed by atoms with Crippen LogP contribution in [0.15, 0.2) is 18.2 Å². The lowest BCUT2D eigenvalue weighted by Gasteiger charge is -2.09. The second-order valence-electron chi connectivity index (χ2n) is 3.59. The quantitative estimate of drug-likeness (QED) is 0.684. The van der Waals surface area contributed by atoms with E-state index in [2.05, 4.69) is 6.07 Å². The molecule has 3 heteroatoms. The van der Waals surface area contributed by atoms with E-state index in [0.29, 0.717) is 0 Å². The Bertz CT molecular complexity index is 300. The molecule has 0 aliphatic carbocycles. The van der Waals surface area contributed by atoms with Crippen molar-refractivity contribution in [2.24, 2.45) is 0 Å². The summed E-state index contributed by atoms with van der Waals surface area (Å²) in [5, 5.41) is 0. The zero-order valence-corrected chi connectivity index (χ0v) is 8.15. The van der Waals surface area contributed by atoms with Gasteiger partial charge >= 0.3 is 6.18 Å². The Morgan fingerprint density at radius 3 is 2.50 bits per heavy atom. The number of hydrogen-bond donors (Lipinski definition) is 0. The summed E-state index contributed by atoms with van der Waals surface area (Å²) < 4.78 is 36.2. The van der Waals surface area contributed by atoms with Crippen LogP contribution >= 0.6 is 0 Å². The van der Waals surface area contributed by atoms with Crippen molar-refractivity contribution in [3.8, 4) is 0 Å². The Morgan fingerprint density at radius 1 is 1.36 bits per heavy atom. The molecule has 0 nitrogen and oxygen atoms in total. The fraction of sp³-hybridized carbons (Fsp3) is 0.455. The van der Waals surface area contributed by atoms with Gasteiger partial charge in [0.15, 0.2) is 0 Å². The average molecular weight is 201 g/mol. The van der Waals surface area contributed by atoms with E-state index in [0.717, 1.165) is 5.56 Å². The molecule has 0 spiro atoms. The molecular weight excluding hydrogens is 189 g/mol. The number of hydrogen-bond acceptors (Lipinski definition) is 0. The van der Waals surface area contributed by atoms with Gasteiger partial charge in [-0.3, -0.25) is 0 Å². The highest BCUT2D eigenvalue weighted by molar-refractivity contribution is 5.25. The van der Waals surface area contributed by atoms with Gasteiger partial charge in [0.25, 0.3) is 0 Å². The molecule has 0 saturated carbocycles. The van der Waals surface area contributed by atoms with Crippen LogP contribution in [0.2, 0.25) is 0 Å². The lowest BCUT2D eigenvalue weighted by molar-refractivity contribution is -0.127. The number of halogens is 3. The van der Waals surface area contributed by atoms with Crippen molar-refractivity contribution >= 4 is 0 Å². The first-order valence-corrected chi connectivity index (χ1v) is 4.46. The van der Waals surface area contributed by atoms with Gasteiger partial charge in [0.05, 0.1) is 6.42 Å². The average Bonchev–Trinajstić information content (AvgIpc) is 2.01. The fourth-order valence-corrected chi connectivity index (χ4v) is 1.21. The van der Waals surface area contributed by atoms with Gasteiger partial charge in [-0.2, -0.15) is 13.2 Å². The van der Waals surface area contributed by atoms with E-state index in [1.807, 2.05) is 13.8 Å². The molecule has 0 atom stereocenters. The third-order valence-electron chi connectivity index (χ3n) is 1.94. The van der Waals surface area contributed by atoms with E-state index < -0.39 is 12.6 Å². The molecule has 0 N–H and O–H groups in total. The predicted octanol–water partition coefficient (Wildman–Crippen LogP) is 3.71. The summed E-state index contributed by atoms with van der Waals surface area (Å²) in [6, 6.07) is 7.52. The standard InChI is InChI=1S/C11H12F3/c1-8(2)10-5-3-4-9(6-10)7-11(12,13)14/h3,5-6,8H,7H2,1-2H3. The summed E-state index contributed by atoms with van der Waals surface area (Å²) >= 11 is 0. The second kappa shape index (κ2) is 4.03. The SMILES string of the molecule is CC(C)c1cc[c]c(CC(F)(F)F)c1. The highest BCUT2D eigenvalue weighted by Crippen LogP contribution is 2.23. The summed E-state index contributed by atoms with van der Waals surface area (Å²) in [7, 11) is 0. The highest BCUT2D eigenvalue weighted by atomic mass is 19.4. The minimum Gasteiger partial charge on any atom is -0.171 e. The van der Waals surface area contributed by atoms with Crippen LogP contribution in [0.5, 0.6) is 0 Å². The lowest BCUT2D eigenvalue weighted by atomic mass is 10.00. The molecular formula is C11H12F3. The van der Waals surface area contributed by atoms with Gasteiger partial charge in [0, 0.05) is 0 Å². The van der Waals surface area contributed by atoms with Crippen LogP contribution in [0.4, 0.5) is 13.2 Å². The third kappa shape index (κ3) is 3.40. The molecule has 1 rings (SSSR count). The molecule has 0 bridgehead atoms. The molecule has 0 heterocycles. The first-order chi connectivity index (χ1) is 6.38. The summed E-state index contributed by atoms with van der Waals surface area (Å²) in [5.74, 6) is 0.247. The Morgan fingerprint density at radius 2 is 2.00 bits per heavy atom. The van der Waals surface area contributed by atoms with Gasteiger partial charge in [-0.25, -0.2) is 0 Å². The van der Waals surface area contributed by atoms with Gasteiger partial charge in [-0.15, -0.1) is 0 Å². The number of alkyl halides is 3. The van der Waals surface area contributed by atoms with Crippen molar-refractivity contribution in [1.82, 2.24) is 0 Å². The van der Waals surface area contributed by atoms with Crippen molar-refractivity contribution in [1.29, 1.82) is 0 Å². The lowest BCUT2D eigenvalue weighted by Crippen LogP contribution is -2.11. The second-order valence-corrected chi connectivity index (χ2v) is 3.59. The molecule has 14 heavy (non-hydrogen) atoms. The minimum absolute atomic E-state index is 0.212. The molecule has 0 aromatic heterocycles. The van der Waals surface area contributed by atoms with E-state index in [4.69, 9.17) is 0 Å². The van der Waals surface area contributed by atoms with Gasteiger partial charge in [-0.05, 0) is 23.1 Å². The number of rotatable bonds is 2. The van der Waals surface area contributed by atoms with Crippen LogP contribution in [-0.2, 0) is 6.42 Å². The predicted molar refractivity (Wildman–Crippen MR) is 49.1 cm³/mol. The first kappa shape index (κ1) is 11.1. The molecule has 0 fully saturated rings. The fourth-order valence-electron chi connectivity index (χ4n) is 1.21. The van der Waals surface area contributed by atoms with Gasteiger partial charge in [0.2, 0.25) is 0 Å². The summed E-state index contributed by atoms with van der Waals surface area (Å²) in [6.07, 6.45) is -5.04. The Balaban J connectivity index is 2.84. The highest BCUT2D eigenvalue weighted by Gasteiger charge is 2.27. The smallest absolute Gasteiger partial charge is 0.171 e. The van der Waals surface area contributed by atoms with E-state index in [9.17, 15) is 13.2 Å². The topological polar surface area (TPSA) is 0 Å². The summed E-state index contributed by atoms with van der Waals surface area (Å²) in [5.41, 5.74) is 1.13. The van der Waals surface area contributed by atoms with Crippen molar-refractivity contribution in [2.45, 2.75) is 32.4 Å². The molecule has 0 aliphatic heterocycles. The molecule has 0 saturated heterocycles. The van der Waals surface area contributed by atoms with E-state index in [-0.39, 0.29) is 11.5 Å². The third-order valence-corrected chi connectivity index (χ3v) is 1.94. The molecule has 0 unspecified atom stereocenters.